The van der Waals surface area contributed by atoms with Crippen molar-refractivity contribution in [2.24, 2.45) is 11.3 Å². The number of likely N-dealkylation sites (tertiary alicyclic amines) is 1. The summed E-state index contributed by atoms with van der Waals surface area (Å²) in [6, 6.07) is 2.29. The van der Waals surface area contributed by atoms with E-state index in [1.54, 1.807) is 12.4 Å². The molecule has 2 aliphatic carbocycles. The zero-order chi connectivity index (χ0) is 15.7. The number of anilines is 1. The lowest BCUT2D eigenvalue weighted by Gasteiger charge is -2.45. The van der Waals surface area contributed by atoms with Gasteiger partial charge >= 0.3 is 0 Å². The third-order valence-corrected chi connectivity index (χ3v) is 5.96. The molecule has 1 saturated heterocycles. The molecule has 3 aliphatic rings. The van der Waals surface area contributed by atoms with Crippen LogP contribution in [0.4, 0.5) is 5.95 Å². The topological polar surface area (TPSA) is 58.1 Å². The van der Waals surface area contributed by atoms with E-state index in [1.807, 2.05) is 6.07 Å². The fourth-order valence-electron chi connectivity index (χ4n) is 4.71. The number of nitrogens with one attached hydrogen (secondary N) is 1. The second-order valence-electron chi connectivity index (χ2n) is 7.67. The Bertz CT molecular complexity index is 549. The predicted octanol–water partition coefficient (Wildman–Crippen LogP) is 2.85. The van der Waals surface area contributed by atoms with Crippen molar-refractivity contribution in [2.45, 2.75) is 57.4 Å². The van der Waals surface area contributed by atoms with Crippen molar-refractivity contribution < 1.29 is 4.79 Å². The summed E-state index contributed by atoms with van der Waals surface area (Å²) < 4.78 is 0. The molecule has 1 amide bonds. The van der Waals surface area contributed by atoms with Gasteiger partial charge in [-0.15, -0.1) is 0 Å². The molecular weight excluding hydrogens is 288 g/mol. The van der Waals surface area contributed by atoms with Crippen molar-refractivity contribution in [3.63, 3.8) is 0 Å². The second kappa shape index (κ2) is 6.10. The van der Waals surface area contributed by atoms with Gasteiger partial charge in [-0.1, -0.05) is 19.3 Å². The van der Waals surface area contributed by atoms with Crippen LogP contribution in [0.3, 0.4) is 0 Å². The first kappa shape index (κ1) is 14.9. The van der Waals surface area contributed by atoms with E-state index in [4.69, 9.17) is 0 Å². The molecule has 1 spiro atoms. The van der Waals surface area contributed by atoms with E-state index in [-0.39, 0.29) is 0 Å². The van der Waals surface area contributed by atoms with Gasteiger partial charge in [0.15, 0.2) is 0 Å². The third-order valence-electron chi connectivity index (χ3n) is 5.96. The van der Waals surface area contributed by atoms with Gasteiger partial charge in [-0.05, 0) is 43.6 Å². The Morgan fingerprint density at radius 2 is 1.91 bits per heavy atom. The minimum atomic E-state index is 0.311. The van der Waals surface area contributed by atoms with E-state index in [0.717, 1.165) is 44.7 Å². The van der Waals surface area contributed by atoms with E-state index < -0.39 is 0 Å². The normalized spacial score (nSPS) is 31.1. The molecule has 5 nitrogen and oxygen atoms in total. The van der Waals surface area contributed by atoms with Gasteiger partial charge in [0.25, 0.3) is 0 Å². The van der Waals surface area contributed by atoms with Gasteiger partial charge < -0.3 is 10.2 Å². The molecule has 5 heteroatoms. The van der Waals surface area contributed by atoms with Crippen molar-refractivity contribution in [3.8, 4) is 0 Å². The quantitative estimate of drug-likeness (QED) is 0.932. The lowest BCUT2D eigenvalue weighted by molar-refractivity contribution is -0.136. The summed E-state index contributed by atoms with van der Waals surface area (Å²) in [5.74, 6) is 1.47. The molecule has 3 fully saturated rings. The molecule has 0 atom stereocenters. The standard InChI is InChI=1S/C18H26N4O/c23-16(14-5-2-1-3-6-14)22-10-7-18(13-22)11-15(12-18)21-17-19-8-4-9-20-17/h4,8-9,14-15H,1-3,5-7,10-13H2,(H,19,20,21). The van der Waals surface area contributed by atoms with Gasteiger partial charge in [0.2, 0.25) is 11.9 Å². The van der Waals surface area contributed by atoms with Gasteiger partial charge in [0, 0.05) is 37.4 Å². The van der Waals surface area contributed by atoms with Gasteiger partial charge in [0.05, 0.1) is 0 Å². The lowest BCUT2D eigenvalue weighted by atomic mass is 9.65. The Morgan fingerprint density at radius 1 is 1.17 bits per heavy atom. The van der Waals surface area contributed by atoms with Crippen molar-refractivity contribution in [2.75, 3.05) is 18.4 Å². The monoisotopic (exact) mass is 314 g/mol. The van der Waals surface area contributed by atoms with Crippen LogP contribution in [0.5, 0.6) is 0 Å². The van der Waals surface area contributed by atoms with Crippen molar-refractivity contribution in [1.29, 1.82) is 0 Å². The second-order valence-corrected chi connectivity index (χ2v) is 7.67. The number of amides is 1. The van der Waals surface area contributed by atoms with E-state index in [2.05, 4.69) is 20.2 Å². The minimum Gasteiger partial charge on any atom is -0.351 e. The van der Waals surface area contributed by atoms with Gasteiger partial charge in [-0.3, -0.25) is 4.79 Å². The molecule has 1 aromatic rings. The van der Waals surface area contributed by atoms with Crippen molar-refractivity contribution >= 4 is 11.9 Å². The van der Waals surface area contributed by atoms with Crippen LogP contribution in [-0.2, 0) is 4.79 Å². The Labute approximate surface area is 137 Å². The van der Waals surface area contributed by atoms with Gasteiger partial charge in [0.1, 0.15) is 0 Å². The molecule has 1 aliphatic heterocycles. The molecule has 2 saturated carbocycles. The summed E-state index contributed by atoms with van der Waals surface area (Å²) in [6.45, 7) is 1.93. The number of nitrogens with zero attached hydrogens (tertiary/aromatic N) is 3. The molecule has 2 heterocycles. The molecule has 1 aromatic heterocycles. The van der Waals surface area contributed by atoms with E-state index in [0.29, 0.717) is 23.3 Å². The first-order valence-electron chi connectivity index (χ1n) is 9.07. The molecule has 0 radical (unpaired) electrons. The summed E-state index contributed by atoms with van der Waals surface area (Å²) in [4.78, 5) is 23.3. The Kier molecular flexibility index (Phi) is 3.95. The van der Waals surface area contributed by atoms with Crippen LogP contribution < -0.4 is 5.32 Å². The molecule has 0 bridgehead atoms. The molecular formula is C18H26N4O. The van der Waals surface area contributed by atoms with Crippen molar-refractivity contribution in [3.05, 3.63) is 18.5 Å². The number of aromatic nitrogens is 2. The van der Waals surface area contributed by atoms with Crippen molar-refractivity contribution in [1.82, 2.24) is 14.9 Å². The summed E-state index contributed by atoms with van der Waals surface area (Å²) in [5.41, 5.74) is 0.358. The highest BCUT2D eigenvalue weighted by molar-refractivity contribution is 5.79. The zero-order valence-corrected chi connectivity index (χ0v) is 13.7. The summed E-state index contributed by atoms with van der Waals surface area (Å²) in [7, 11) is 0. The predicted molar refractivity (Wildman–Crippen MR) is 88.9 cm³/mol. The molecule has 1 N–H and O–H groups in total. The maximum absolute atomic E-state index is 12.7. The highest BCUT2D eigenvalue weighted by Crippen LogP contribution is 2.49. The van der Waals surface area contributed by atoms with Crippen LogP contribution in [0.15, 0.2) is 18.5 Å². The fraction of sp³-hybridized carbons (Fsp3) is 0.722. The molecule has 23 heavy (non-hydrogen) atoms. The Hall–Kier alpha value is -1.65. The maximum Gasteiger partial charge on any atom is 0.225 e. The molecule has 4 rings (SSSR count). The number of hydrogen-bond donors (Lipinski definition) is 1. The third kappa shape index (κ3) is 3.06. The molecule has 0 unspecified atom stereocenters. The highest BCUT2D eigenvalue weighted by atomic mass is 16.2. The van der Waals surface area contributed by atoms with Crippen LogP contribution in [0.1, 0.15) is 51.4 Å². The Morgan fingerprint density at radius 3 is 2.65 bits per heavy atom. The van der Waals surface area contributed by atoms with Crippen LogP contribution in [-0.4, -0.2) is 39.9 Å². The average molecular weight is 314 g/mol. The smallest absolute Gasteiger partial charge is 0.225 e. The minimum absolute atomic E-state index is 0.311. The van der Waals surface area contributed by atoms with Gasteiger partial charge in [-0.2, -0.15) is 0 Å². The number of hydrogen-bond acceptors (Lipinski definition) is 4. The van der Waals surface area contributed by atoms with Gasteiger partial charge in [-0.25, -0.2) is 9.97 Å². The average Bonchev–Trinajstić information content (AvgIpc) is 3.01. The first-order valence-corrected chi connectivity index (χ1v) is 9.07. The summed E-state index contributed by atoms with van der Waals surface area (Å²) in [5, 5.41) is 3.41. The summed E-state index contributed by atoms with van der Waals surface area (Å²) >= 11 is 0. The highest BCUT2D eigenvalue weighted by Gasteiger charge is 2.50. The molecule has 124 valence electrons. The lowest BCUT2D eigenvalue weighted by Crippen LogP contribution is -2.48. The van der Waals surface area contributed by atoms with Crippen LogP contribution >= 0.6 is 0 Å². The maximum atomic E-state index is 12.7. The van der Waals surface area contributed by atoms with E-state index in [1.165, 1.54) is 25.7 Å². The fourth-order valence-corrected chi connectivity index (χ4v) is 4.71. The number of rotatable bonds is 3. The van der Waals surface area contributed by atoms with Crippen LogP contribution in [0.2, 0.25) is 0 Å². The SMILES string of the molecule is O=C(C1CCCCC1)N1CCC2(CC(Nc3ncccn3)C2)C1. The summed E-state index contributed by atoms with van der Waals surface area (Å²) in [6.07, 6.45) is 13.0. The number of carbonyl (C=O) groups is 1. The van der Waals surface area contributed by atoms with E-state index >= 15 is 0 Å². The van der Waals surface area contributed by atoms with Crippen LogP contribution in [0.25, 0.3) is 0 Å². The largest absolute Gasteiger partial charge is 0.351 e. The van der Waals surface area contributed by atoms with Crippen LogP contribution in [0, 0.1) is 11.3 Å². The number of carbonyl (C=O) groups excluding carboxylic acids is 1. The zero-order valence-electron chi connectivity index (χ0n) is 13.7. The molecule has 0 aromatic carbocycles. The first-order chi connectivity index (χ1) is 11.2. The Balaban J connectivity index is 1.28. The van der Waals surface area contributed by atoms with E-state index in [9.17, 15) is 4.79 Å².